The van der Waals surface area contributed by atoms with Crippen molar-refractivity contribution in [2.75, 3.05) is 5.32 Å². The molecule has 0 bridgehead atoms. The number of carbonyl (C=O) groups excluding carboxylic acids is 2. The highest BCUT2D eigenvalue weighted by molar-refractivity contribution is 5.95. The van der Waals surface area contributed by atoms with E-state index in [1.807, 2.05) is 24.3 Å². The molecule has 1 heterocycles. The second-order valence-electron chi connectivity index (χ2n) is 5.30. The summed E-state index contributed by atoms with van der Waals surface area (Å²) < 4.78 is 5.52. The number of anilines is 1. The zero-order chi connectivity index (χ0) is 16.1. The van der Waals surface area contributed by atoms with Crippen LogP contribution in [-0.4, -0.2) is 11.7 Å². The average molecular weight is 299 g/mol. The van der Waals surface area contributed by atoms with Gasteiger partial charge in [-0.2, -0.15) is 0 Å². The van der Waals surface area contributed by atoms with Crippen LogP contribution in [0.25, 0.3) is 0 Å². The summed E-state index contributed by atoms with van der Waals surface area (Å²) in [5, 5.41) is 2.93. The van der Waals surface area contributed by atoms with Crippen LogP contribution in [0, 0.1) is 6.92 Å². The minimum Gasteiger partial charge on any atom is -0.466 e. The number of Topliss-reactive ketones (excluding diaryl/α,β-unsaturated/α-hetero) is 1. The van der Waals surface area contributed by atoms with Crippen LogP contribution in [-0.2, 0) is 17.6 Å². The number of carbonyl (C=O) groups is 2. The number of para-hydroxylation sites is 1. The molecule has 1 N–H and O–H groups in total. The van der Waals surface area contributed by atoms with E-state index in [-0.39, 0.29) is 11.7 Å². The molecule has 0 spiro atoms. The SMILES string of the molecule is CCc1ccccc1NC(=O)CCc1cc(C(C)=O)c(C)o1. The highest BCUT2D eigenvalue weighted by atomic mass is 16.3. The Kier molecular flexibility index (Phi) is 5.15. The lowest BCUT2D eigenvalue weighted by molar-refractivity contribution is -0.116. The van der Waals surface area contributed by atoms with Crippen molar-refractivity contribution in [2.24, 2.45) is 0 Å². The van der Waals surface area contributed by atoms with Gasteiger partial charge in [-0.25, -0.2) is 0 Å². The van der Waals surface area contributed by atoms with E-state index in [0.717, 1.165) is 17.7 Å². The van der Waals surface area contributed by atoms with E-state index >= 15 is 0 Å². The molecule has 1 amide bonds. The molecule has 4 heteroatoms. The fraction of sp³-hybridized carbons (Fsp3) is 0.333. The molecule has 0 saturated carbocycles. The summed E-state index contributed by atoms with van der Waals surface area (Å²) in [6.45, 7) is 5.33. The van der Waals surface area contributed by atoms with Gasteiger partial charge in [0.1, 0.15) is 11.5 Å². The summed E-state index contributed by atoms with van der Waals surface area (Å²) in [7, 11) is 0. The molecule has 1 aromatic carbocycles. The Morgan fingerprint density at radius 2 is 1.95 bits per heavy atom. The highest BCUT2D eigenvalue weighted by Gasteiger charge is 2.13. The number of furan rings is 1. The van der Waals surface area contributed by atoms with Crippen molar-refractivity contribution >= 4 is 17.4 Å². The molecule has 2 rings (SSSR count). The maximum absolute atomic E-state index is 12.1. The van der Waals surface area contributed by atoms with Crippen molar-refractivity contribution in [1.29, 1.82) is 0 Å². The van der Waals surface area contributed by atoms with Crippen molar-refractivity contribution in [3.63, 3.8) is 0 Å². The summed E-state index contributed by atoms with van der Waals surface area (Å²) in [4.78, 5) is 23.4. The van der Waals surface area contributed by atoms with Gasteiger partial charge in [-0.3, -0.25) is 9.59 Å². The zero-order valence-electron chi connectivity index (χ0n) is 13.2. The zero-order valence-corrected chi connectivity index (χ0v) is 13.2. The van der Waals surface area contributed by atoms with Crippen LogP contribution in [0.5, 0.6) is 0 Å². The predicted molar refractivity (Wildman–Crippen MR) is 86.2 cm³/mol. The van der Waals surface area contributed by atoms with Gasteiger partial charge in [-0.05, 0) is 38.0 Å². The van der Waals surface area contributed by atoms with Crippen molar-refractivity contribution < 1.29 is 14.0 Å². The quantitative estimate of drug-likeness (QED) is 0.822. The van der Waals surface area contributed by atoms with Crippen LogP contribution in [0.15, 0.2) is 34.7 Å². The molecule has 0 radical (unpaired) electrons. The van der Waals surface area contributed by atoms with Crippen LogP contribution in [0.3, 0.4) is 0 Å². The number of amides is 1. The van der Waals surface area contributed by atoms with Gasteiger partial charge in [0, 0.05) is 18.5 Å². The Labute approximate surface area is 130 Å². The molecule has 0 saturated heterocycles. The largest absolute Gasteiger partial charge is 0.466 e. The van der Waals surface area contributed by atoms with Crippen LogP contribution < -0.4 is 5.32 Å². The number of benzene rings is 1. The lowest BCUT2D eigenvalue weighted by atomic mass is 10.1. The number of nitrogens with one attached hydrogen (secondary N) is 1. The fourth-order valence-corrected chi connectivity index (χ4v) is 2.42. The predicted octanol–water partition coefficient (Wildman–Crippen LogP) is 3.92. The third-order valence-corrected chi connectivity index (χ3v) is 3.62. The Balaban J connectivity index is 1.95. The summed E-state index contributed by atoms with van der Waals surface area (Å²) in [5.74, 6) is 1.20. The smallest absolute Gasteiger partial charge is 0.224 e. The van der Waals surface area contributed by atoms with Gasteiger partial charge in [0.2, 0.25) is 5.91 Å². The molecule has 0 aliphatic heterocycles. The lowest BCUT2D eigenvalue weighted by Crippen LogP contribution is -2.13. The Hall–Kier alpha value is -2.36. The number of hydrogen-bond donors (Lipinski definition) is 1. The molecule has 22 heavy (non-hydrogen) atoms. The molecule has 116 valence electrons. The van der Waals surface area contributed by atoms with E-state index in [1.165, 1.54) is 6.92 Å². The van der Waals surface area contributed by atoms with Gasteiger partial charge >= 0.3 is 0 Å². The second kappa shape index (κ2) is 7.07. The van der Waals surface area contributed by atoms with E-state index in [2.05, 4.69) is 12.2 Å². The van der Waals surface area contributed by atoms with Gasteiger partial charge < -0.3 is 9.73 Å². The highest BCUT2D eigenvalue weighted by Crippen LogP contribution is 2.18. The molecule has 0 aliphatic rings. The molecule has 0 fully saturated rings. The topological polar surface area (TPSA) is 59.3 Å². The number of hydrogen-bond acceptors (Lipinski definition) is 3. The molecular weight excluding hydrogens is 278 g/mol. The van der Waals surface area contributed by atoms with Crippen molar-refractivity contribution in [3.05, 3.63) is 53.0 Å². The molecule has 0 unspecified atom stereocenters. The van der Waals surface area contributed by atoms with Gasteiger partial charge in [0.15, 0.2) is 5.78 Å². The monoisotopic (exact) mass is 299 g/mol. The normalized spacial score (nSPS) is 10.5. The summed E-state index contributed by atoms with van der Waals surface area (Å²) in [6, 6.07) is 9.50. The fourth-order valence-electron chi connectivity index (χ4n) is 2.42. The van der Waals surface area contributed by atoms with Crippen molar-refractivity contribution in [2.45, 2.75) is 40.0 Å². The first-order valence-corrected chi connectivity index (χ1v) is 7.49. The molecule has 0 aliphatic carbocycles. The van der Waals surface area contributed by atoms with E-state index in [0.29, 0.717) is 29.9 Å². The lowest BCUT2D eigenvalue weighted by Gasteiger charge is -2.09. The van der Waals surface area contributed by atoms with Crippen LogP contribution in [0.4, 0.5) is 5.69 Å². The second-order valence-corrected chi connectivity index (χ2v) is 5.30. The third kappa shape index (κ3) is 3.85. The van der Waals surface area contributed by atoms with E-state index < -0.39 is 0 Å². The molecular formula is C18H21NO3. The summed E-state index contributed by atoms with van der Waals surface area (Å²) in [6.07, 6.45) is 1.67. The van der Waals surface area contributed by atoms with Gasteiger partial charge in [-0.1, -0.05) is 25.1 Å². The minimum absolute atomic E-state index is 0.0196. The molecule has 4 nitrogen and oxygen atoms in total. The van der Waals surface area contributed by atoms with Crippen LogP contribution in [0.1, 0.15) is 47.7 Å². The molecule has 1 aromatic heterocycles. The average Bonchev–Trinajstić information content (AvgIpc) is 2.87. The Bertz CT molecular complexity index is 685. The first-order valence-electron chi connectivity index (χ1n) is 7.49. The maximum atomic E-state index is 12.1. The molecule has 0 atom stereocenters. The summed E-state index contributed by atoms with van der Waals surface area (Å²) >= 11 is 0. The van der Waals surface area contributed by atoms with Crippen molar-refractivity contribution in [3.8, 4) is 0 Å². The van der Waals surface area contributed by atoms with Crippen LogP contribution >= 0.6 is 0 Å². The number of rotatable bonds is 6. The Morgan fingerprint density at radius 1 is 1.23 bits per heavy atom. The minimum atomic E-state index is -0.0562. The van der Waals surface area contributed by atoms with Crippen molar-refractivity contribution in [1.82, 2.24) is 0 Å². The molecule has 2 aromatic rings. The van der Waals surface area contributed by atoms with Gasteiger partial charge in [0.25, 0.3) is 0 Å². The van der Waals surface area contributed by atoms with E-state index in [9.17, 15) is 9.59 Å². The van der Waals surface area contributed by atoms with Crippen LogP contribution in [0.2, 0.25) is 0 Å². The third-order valence-electron chi connectivity index (χ3n) is 3.62. The van der Waals surface area contributed by atoms with Gasteiger partial charge in [0.05, 0.1) is 5.56 Å². The standard InChI is InChI=1S/C18H21NO3/c1-4-14-7-5-6-8-17(14)19-18(21)10-9-15-11-16(12(2)20)13(3)22-15/h5-8,11H,4,9-10H2,1-3H3,(H,19,21). The number of aryl methyl sites for hydroxylation is 3. The maximum Gasteiger partial charge on any atom is 0.224 e. The van der Waals surface area contributed by atoms with E-state index in [4.69, 9.17) is 4.42 Å². The van der Waals surface area contributed by atoms with E-state index in [1.54, 1.807) is 13.0 Å². The summed E-state index contributed by atoms with van der Waals surface area (Å²) in [5.41, 5.74) is 2.56. The first-order chi connectivity index (χ1) is 10.5. The van der Waals surface area contributed by atoms with Gasteiger partial charge in [-0.15, -0.1) is 0 Å². The number of ketones is 1. The first kappa shape index (κ1) is 16.0. The Morgan fingerprint density at radius 3 is 2.59 bits per heavy atom.